The minimum absolute atomic E-state index is 0.232. The molecule has 100 valence electrons. The van der Waals surface area contributed by atoms with Crippen LogP contribution in [0.3, 0.4) is 0 Å². The molecular formula is C15H19N3O. The van der Waals surface area contributed by atoms with E-state index in [4.69, 9.17) is 4.74 Å². The predicted molar refractivity (Wildman–Crippen MR) is 76.2 cm³/mol. The zero-order chi connectivity index (χ0) is 13.5. The summed E-state index contributed by atoms with van der Waals surface area (Å²) in [5.41, 5.74) is 1.93. The van der Waals surface area contributed by atoms with Gasteiger partial charge in [-0.2, -0.15) is 0 Å². The summed E-state index contributed by atoms with van der Waals surface area (Å²) in [5.74, 6) is 0.887. The van der Waals surface area contributed by atoms with Gasteiger partial charge in [-0.1, -0.05) is 13.0 Å². The van der Waals surface area contributed by atoms with Gasteiger partial charge in [0, 0.05) is 24.1 Å². The van der Waals surface area contributed by atoms with Gasteiger partial charge in [0.25, 0.3) is 0 Å². The number of ether oxygens (including phenoxy) is 1. The zero-order valence-electron chi connectivity index (χ0n) is 11.3. The fourth-order valence-corrected chi connectivity index (χ4v) is 1.61. The van der Waals surface area contributed by atoms with Crippen molar-refractivity contribution in [2.24, 2.45) is 0 Å². The van der Waals surface area contributed by atoms with Gasteiger partial charge >= 0.3 is 0 Å². The fourth-order valence-electron chi connectivity index (χ4n) is 1.61. The molecule has 1 aromatic heterocycles. The van der Waals surface area contributed by atoms with Crippen LogP contribution in [0.25, 0.3) is 0 Å². The van der Waals surface area contributed by atoms with Crippen molar-refractivity contribution in [1.29, 1.82) is 0 Å². The van der Waals surface area contributed by atoms with Gasteiger partial charge in [-0.15, -0.1) is 0 Å². The van der Waals surface area contributed by atoms with E-state index in [2.05, 4.69) is 29.1 Å². The average molecular weight is 257 g/mol. The first kappa shape index (κ1) is 13.3. The van der Waals surface area contributed by atoms with Crippen LogP contribution in [0.2, 0.25) is 0 Å². The van der Waals surface area contributed by atoms with Crippen molar-refractivity contribution in [1.82, 2.24) is 9.97 Å². The Balaban J connectivity index is 1.95. The summed E-state index contributed by atoms with van der Waals surface area (Å²) in [6.45, 7) is 4.83. The Kier molecular flexibility index (Phi) is 4.72. The molecule has 0 radical (unpaired) electrons. The van der Waals surface area contributed by atoms with Crippen LogP contribution >= 0.6 is 0 Å². The molecule has 1 unspecified atom stereocenters. The van der Waals surface area contributed by atoms with E-state index in [0.29, 0.717) is 6.54 Å². The van der Waals surface area contributed by atoms with Gasteiger partial charge in [0.05, 0.1) is 24.5 Å². The average Bonchev–Trinajstić information content (AvgIpc) is 2.46. The summed E-state index contributed by atoms with van der Waals surface area (Å²) in [6.07, 6.45) is 6.35. The van der Waals surface area contributed by atoms with E-state index in [9.17, 15) is 0 Å². The quantitative estimate of drug-likeness (QED) is 0.862. The van der Waals surface area contributed by atoms with Gasteiger partial charge in [0.1, 0.15) is 5.75 Å². The number of anilines is 1. The van der Waals surface area contributed by atoms with E-state index >= 15 is 0 Å². The van der Waals surface area contributed by atoms with Crippen LogP contribution in [0.4, 0.5) is 5.69 Å². The second-order valence-electron chi connectivity index (χ2n) is 4.41. The molecular weight excluding hydrogens is 238 g/mol. The lowest BCUT2D eigenvalue weighted by molar-refractivity contribution is 0.217. The maximum Gasteiger partial charge on any atom is 0.121 e. The molecule has 4 heteroatoms. The molecule has 2 aromatic rings. The maximum atomic E-state index is 5.79. The Morgan fingerprint density at radius 3 is 2.95 bits per heavy atom. The standard InChI is InChI=1S/C15H19N3O/c1-3-12(2)19-15-6-4-5-13(9-15)18-11-14-10-16-7-8-17-14/h4-10,12,18H,3,11H2,1-2H3. The normalized spacial score (nSPS) is 11.9. The Hall–Kier alpha value is -2.10. The third-order valence-corrected chi connectivity index (χ3v) is 2.84. The number of rotatable bonds is 6. The van der Waals surface area contributed by atoms with Crippen molar-refractivity contribution in [3.63, 3.8) is 0 Å². The second kappa shape index (κ2) is 6.73. The Labute approximate surface area is 113 Å². The first-order chi connectivity index (χ1) is 9.28. The number of aromatic nitrogens is 2. The lowest BCUT2D eigenvalue weighted by Crippen LogP contribution is -2.10. The van der Waals surface area contributed by atoms with Crippen molar-refractivity contribution in [3.05, 3.63) is 48.5 Å². The van der Waals surface area contributed by atoms with Crippen LogP contribution in [0.1, 0.15) is 26.0 Å². The molecule has 0 aliphatic heterocycles. The fraction of sp³-hybridized carbons (Fsp3) is 0.333. The topological polar surface area (TPSA) is 47.0 Å². The monoisotopic (exact) mass is 257 g/mol. The number of benzene rings is 1. The SMILES string of the molecule is CCC(C)Oc1cccc(NCc2cnccn2)c1. The van der Waals surface area contributed by atoms with Crippen LogP contribution < -0.4 is 10.1 Å². The highest BCUT2D eigenvalue weighted by Crippen LogP contribution is 2.19. The van der Waals surface area contributed by atoms with Gasteiger partial charge in [-0.05, 0) is 25.5 Å². The lowest BCUT2D eigenvalue weighted by Gasteiger charge is -2.13. The van der Waals surface area contributed by atoms with Crippen LogP contribution in [0.5, 0.6) is 5.75 Å². The molecule has 0 saturated carbocycles. The molecule has 1 N–H and O–H groups in total. The Bertz CT molecular complexity index is 502. The summed E-state index contributed by atoms with van der Waals surface area (Å²) in [4.78, 5) is 8.26. The summed E-state index contributed by atoms with van der Waals surface area (Å²) in [5, 5.41) is 3.31. The summed E-state index contributed by atoms with van der Waals surface area (Å²) >= 11 is 0. The van der Waals surface area contributed by atoms with Gasteiger partial charge in [-0.25, -0.2) is 0 Å². The van der Waals surface area contributed by atoms with E-state index in [1.54, 1.807) is 18.6 Å². The summed E-state index contributed by atoms with van der Waals surface area (Å²) in [6, 6.07) is 7.97. The third-order valence-electron chi connectivity index (χ3n) is 2.84. The first-order valence-electron chi connectivity index (χ1n) is 6.53. The molecule has 0 spiro atoms. The second-order valence-corrected chi connectivity index (χ2v) is 4.41. The highest BCUT2D eigenvalue weighted by Gasteiger charge is 2.02. The van der Waals surface area contributed by atoms with Crippen LogP contribution in [0, 0.1) is 0 Å². The molecule has 0 fully saturated rings. The van der Waals surface area contributed by atoms with Crippen molar-refractivity contribution in [2.75, 3.05) is 5.32 Å². The maximum absolute atomic E-state index is 5.79. The molecule has 1 atom stereocenters. The largest absolute Gasteiger partial charge is 0.491 e. The van der Waals surface area contributed by atoms with E-state index in [0.717, 1.165) is 23.6 Å². The molecule has 0 aliphatic carbocycles. The van der Waals surface area contributed by atoms with Crippen LogP contribution in [-0.4, -0.2) is 16.1 Å². The number of hydrogen-bond acceptors (Lipinski definition) is 4. The molecule has 19 heavy (non-hydrogen) atoms. The van der Waals surface area contributed by atoms with Crippen molar-refractivity contribution in [2.45, 2.75) is 32.9 Å². The molecule has 0 saturated heterocycles. The number of nitrogens with zero attached hydrogens (tertiary/aromatic N) is 2. The van der Waals surface area contributed by atoms with E-state index in [1.165, 1.54) is 0 Å². The minimum Gasteiger partial charge on any atom is -0.491 e. The van der Waals surface area contributed by atoms with E-state index in [1.807, 2.05) is 24.3 Å². The predicted octanol–water partition coefficient (Wildman–Crippen LogP) is 3.27. The van der Waals surface area contributed by atoms with Gasteiger partial charge in [-0.3, -0.25) is 9.97 Å². The third kappa shape index (κ3) is 4.25. The van der Waals surface area contributed by atoms with Crippen molar-refractivity contribution < 1.29 is 4.74 Å². The Morgan fingerprint density at radius 1 is 1.32 bits per heavy atom. The van der Waals surface area contributed by atoms with Crippen molar-refractivity contribution in [3.8, 4) is 5.75 Å². The Morgan fingerprint density at radius 2 is 2.21 bits per heavy atom. The summed E-state index contributed by atoms with van der Waals surface area (Å²) < 4.78 is 5.79. The minimum atomic E-state index is 0.232. The summed E-state index contributed by atoms with van der Waals surface area (Å²) in [7, 11) is 0. The molecule has 4 nitrogen and oxygen atoms in total. The van der Waals surface area contributed by atoms with Gasteiger partial charge in [0.15, 0.2) is 0 Å². The number of hydrogen-bond donors (Lipinski definition) is 1. The molecule has 0 bridgehead atoms. The zero-order valence-corrected chi connectivity index (χ0v) is 11.3. The molecule has 1 heterocycles. The number of nitrogens with one attached hydrogen (secondary N) is 1. The first-order valence-corrected chi connectivity index (χ1v) is 6.53. The van der Waals surface area contributed by atoms with Crippen LogP contribution in [0.15, 0.2) is 42.9 Å². The highest BCUT2D eigenvalue weighted by molar-refractivity contribution is 5.48. The van der Waals surface area contributed by atoms with Crippen molar-refractivity contribution >= 4 is 5.69 Å². The molecule has 1 aromatic carbocycles. The lowest BCUT2D eigenvalue weighted by atomic mass is 10.2. The molecule has 2 rings (SSSR count). The van der Waals surface area contributed by atoms with Gasteiger partial charge < -0.3 is 10.1 Å². The molecule has 0 aliphatic rings. The van der Waals surface area contributed by atoms with E-state index < -0.39 is 0 Å². The molecule has 0 amide bonds. The van der Waals surface area contributed by atoms with E-state index in [-0.39, 0.29) is 6.10 Å². The smallest absolute Gasteiger partial charge is 0.121 e. The highest BCUT2D eigenvalue weighted by atomic mass is 16.5. The van der Waals surface area contributed by atoms with Gasteiger partial charge in [0.2, 0.25) is 0 Å². The van der Waals surface area contributed by atoms with Crippen LogP contribution in [-0.2, 0) is 6.54 Å².